The maximum atomic E-state index is 11.3. The molecule has 0 amide bonds. The molecule has 10 heteroatoms. The number of aromatic hydroxyl groups is 1. The molecule has 0 fully saturated rings. The fraction of sp³-hybridized carbons (Fsp3) is 0.375. The molecule has 0 spiro atoms. The average Bonchev–Trinajstić information content (AvgIpc) is 3.20. The third kappa shape index (κ3) is 4.51. The number of hydrogen-bond donors (Lipinski definition) is 4. The van der Waals surface area contributed by atoms with Crippen molar-refractivity contribution in [1.29, 1.82) is 0 Å². The van der Waals surface area contributed by atoms with E-state index in [9.17, 15) is 9.32 Å². The predicted octanol–water partition coefficient (Wildman–Crippen LogP) is 2.65. The zero-order valence-corrected chi connectivity index (χ0v) is 16.4. The lowest BCUT2D eigenvalue weighted by atomic mass is 10.1. The van der Waals surface area contributed by atoms with Gasteiger partial charge in [-0.25, -0.2) is 14.3 Å². The van der Waals surface area contributed by atoms with Gasteiger partial charge in [-0.3, -0.25) is 4.99 Å². The number of aliphatic imine (C=N–C) groups is 2. The van der Waals surface area contributed by atoms with Crippen LogP contribution >= 0.6 is 11.3 Å². The van der Waals surface area contributed by atoms with Crippen LogP contribution in [-0.2, 0) is 11.0 Å². The fourth-order valence-corrected chi connectivity index (χ4v) is 3.59. The van der Waals surface area contributed by atoms with E-state index in [4.69, 9.17) is 21.0 Å². The minimum atomic E-state index is -1.80. The zero-order chi connectivity index (χ0) is 19.4. The highest BCUT2D eigenvalue weighted by atomic mass is 32.2. The van der Waals surface area contributed by atoms with Gasteiger partial charge in [-0.05, 0) is 24.0 Å². The number of nitrogens with zero attached hydrogens (tertiary/aromatic N) is 2. The van der Waals surface area contributed by atoms with Gasteiger partial charge in [0.05, 0.1) is 6.26 Å². The number of hydrogen-bond acceptors (Lipinski definition) is 6. The summed E-state index contributed by atoms with van der Waals surface area (Å²) in [6.45, 7) is 6.11. The molecule has 0 aliphatic rings. The van der Waals surface area contributed by atoms with E-state index < -0.39 is 11.0 Å². The van der Waals surface area contributed by atoms with Crippen LogP contribution in [0.2, 0.25) is 0 Å². The van der Waals surface area contributed by atoms with Crippen molar-refractivity contribution < 1.29 is 13.7 Å². The van der Waals surface area contributed by atoms with Crippen LogP contribution in [0.5, 0.6) is 5.75 Å². The van der Waals surface area contributed by atoms with Crippen molar-refractivity contribution in [3.63, 3.8) is 0 Å². The molecule has 26 heavy (non-hydrogen) atoms. The molecule has 142 valence electrons. The Kier molecular flexibility index (Phi) is 6.57. The van der Waals surface area contributed by atoms with Crippen LogP contribution in [0.25, 0.3) is 0 Å². The van der Waals surface area contributed by atoms with Crippen LogP contribution in [-0.4, -0.2) is 21.0 Å². The smallest absolute Gasteiger partial charge is 0.170 e. The Hall–Kier alpha value is -2.17. The number of rotatable bonds is 6. The van der Waals surface area contributed by atoms with Crippen LogP contribution in [0.3, 0.4) is 0 Å². The van der Waals surface area contributed by atoms with Crippen LogP contribution in [0, 0.1) is 0 Å². The molecule has 2 rings (SSSR count). The fourth-order valence-electron chi connectivity index (χ4n) is 2.17. The van der Waals surface area contributed by atoms with Crippen molar-refractivity contribution in [2.24, 2.45) is 26.6 Å². The molecule has 8 nitrogen and oxygen atoms in total. The molecule has 1 unspecified atom stereocenters. The number of furan rings is 1. The van der Waals surface area contributed by atoms with Crippen LogP contribution in [0.15, 0.2) is 36.3 Å². The summed E-state index contributed by atoms with van der Waals surface area (Å²) in [4.78, 5) is 8.44. The molecule has 0 radical (unpaired) electrons. The Labute approximate surface area is 158 Å². The summed E-state index contributed by atoms with van der Waals surface area (Å²) in [7, 11) is -1.80. The zero-order valence-electron chi connectivity index (χ0n) is 14.8. The molecule has 0 aliphatic heterocycles. The third-order valence-corrected chi connectivity index (χ3v) is 5.81. The van der Waals surface area contributed by atoms with Gasteiger partial charge in [0.1, 0.15) is 28.5 Å². The van der Waals surface area contributed by atoms with E-state index in [0.29, 0.717) is 18.1 Å². The van der Waals surface area contributed by atoms with Gasteiger partial charge < -0.3 is 21.0 Å². The first-order valence-electron chi connectivity index (χ1n) is 7.97. The number of thiophene rings is 1. The van der Waals surface area contributed by atoms with E-state index in [-0.39, 0.29) is 33.4 Å². The molecule has 0 aliphatic carbocycles. The quantitative estimate of drug-likeness (QED) is 0.436. The van der Waals surface area contributed by atoms with Crippen molar-refractivity contribution in [3.05, 3.63) is 29.0 Å². The second kappa shape index (κ2) is 8.47. The highest BCUT2D eigenvalue weighted by molar-refractivity contribution is 7.85. The van der Waals surface area contributed by atoms with Crippen molar-refractivity contribution >= 4 is 39.7 Å². The largest absolute Gasteiger partial charge is 0.504 e. The molecule has 0 saturated carbocycles. The summed E-state index contributed by atoms with van der Waals surface area (Å²) in [6, 6.07) is 1.66. The van der Waals surface area contributed by atoms with Crippen LogP contribution < -0.4 is 16.6 Å². The highest BCUT2D eigenvalue weighted by Gasteiger charge is 2.17. The van der Waals surface area contributed by atoms with Gasteiger partial charge in [0.2, 0.25) is 0 Å². The van der Waals surface area contributed by atoms with Crippen LogP contribution in [0.1, 0.15) is 50.5 Å². The van der Waals surface area contributed by atoms with Gasteiger partial charge in [-0.1, -0.05) is 20.8 Å². The molecule has 0 aromatic carbocycles. The lowest BCUT2D eigenvalue weighted by Gasteiger charge is -2.08. The molecule has 2 heterocycles. The SMILES string of the molecule is CC[C@@H](N=C(N)C(N)=Nc1csc(S(N)=O)c1O)c1cc(C(C)C)co1. The molecule has 2 aromatic rings. The van der Waals surface area contributed by atoms with Crippen molar-refractivity contribution in [2.45, 2.75) is 43.4 Å². The first-order valence-corrected chi connectivity index (χ1v) is 10.1. The molecule has 2 aromatic heterocycles. The van der Waals surface area contributed by atoms with E-state index in [2.05, 4.69) is 23.8 Å². The van der Waals surface area contributed by atoms with Gasteiger partial charge in [-0.2, -0.15) is 0 Å². The summed E-state index contributed by atoms with van der Waals surface area (Å²) >= 11 is 1.03. The summed E-state index contributed by atoms with van der Waals surface area (Å²) < 4.78 is 17.0. The van der Waals surface area contributed by atoms with E-state index >= 15 is 0 Å². The Bertz CT molecular complexity index is 854. The number of nitrogens with two attached hydrogens (primary N) is 3. The maximum absolute atomic E-state index is 11.3. The second-order valence-electron chi connectivity index (χ2n) is 5.93. The minimum Gasteiger partial charge on any atom is -0.504 e. The molecule has 0 bridgehead atoms. The summed E-state index contributed by atoms with van der Waals surface area (Å²) in [5, 5.41) is 16.7. The molecular formula is C16H23N5O3S2. The van der Waals surface area contributed by atoms with Crippen molar-refractivity contribution in [3.8, 4) is 5.75 Å². The van der Waals surface area contributed by atoms with E-state index in [1.807, 2.05) is 13.0 Å². The summed E-state index contributed by atoms with van der Waals surface area (Å²) in [5.41, 5.74) is 13.1. The van der Waals surface area contributed by atoms with Crippen LogP contribution in [0.4, 0.5) is 5.69 Å². The molecule has 0 saturated heterocycles. The molecule has 7 N–H and O–H groups in total. The maximum Gasteiger partial charge on any atom is 0.170 e. The topological polar surface area (TPSA) is 153 Å². The Balaban J connectivity index is 2.26. The van der Waals surface area contributed by atoms with Gasteiger partial charge in [-0.15, -0.1) is 11.3 Å². The molecule has 2 atom stereocenters. The monoisotopic (exact) mass is 397 g/mol. The van der Waals surface area contributed by atoms with E-state index in [1.165, 1.54) is 5.38 Å². The first kappa shape index (κ1) is 20.1. The van der Waals surface area contributed by atoms with Crippen molar-refractivity contribution in [1.82, 2.24) is 0 Å². The van der Waals surface area contributed by atoms with Gasteiger partial charge >= 0.3 is 0 Å². The predicted molar refractivity (Wildman–Crippen MR) is 105 cm³/mol. The molecular weight excluding hydrogens is 374 g/mol. The first-order chi connectivity index (χ1) is 12.2. The van der Waals surface area contributed by atoms with E-state index in [1.54, 1.807) is 6.26 Å². The number of amidine groups is 2. The highest BCUT2D eigenvalue weighted by Crippen LogP contribution is 2.37. The Morgan fingerprint density at radius 3 is 2.58 bits per heavy atom. The Morgan fingerprint density at radius 1 is 1.38 bits per heavy atom. The lowest BCUT2D eigenvalue weighted by Crippen LogP contribution is -2.31. The third-order valence-electron chi connectivity index (χ3n) is 3.72. The summed E-state index contributed by atoms with van der Waals surface area (Å²) in [5.74, 6) is 0.751. The minimum absolute atomic E-state index is 0.0281. The average molecular weight is 398 g/mol. The van der Waals surface area contributed by atoms with Gasteiger partial charge in [0, 0.05) is 5.38 Å². The standard InChI is InChI=1S/C16H23N5O3S2/c1-4-10(12-5-9(6-24-12)8(2)3)20-14(17)15(18)21-11-7-25-16(13(11)22)26(19)23/h5-8,10,22H,4,19H2,1-3H3,(H2,17,20)(H2,18,21)/t10-,26?/m1/s1. The normalized spacial score (nSPS) is 15.4. The van der Waals surface area contributed by atoms with Crippen molar-refractivity contribution in [2.75, 3.05) is 0 Å². The lowest BCUT2D eigenvalue weighted by molar-refractivity contribution is 0.460. The van der Waals surface area contributed by atoms with Gasteiger partial charge in [0.15, 0.2) is 21.6 Å². The Morgan fingerprint density at radius 2 is 2.08 bits per heavy atom. The summed E-state index contributed by atoms with van der Waals surface area (Å²) in [6.07, 6.45) is 2.38. The van der Waals surface area contributed by atoms with Gasteiger partial charge in [0.25, 0.3) is 0 Å². The second-order valence-corrected chi connectivity index (χ2v) is 8.07. The van der Waals surface area contributed by atoms with E-state index in [0.717, 1.165) is 16.9 Å².